The van der Waals surface area contributed by atoms with Crippen molar-refractivity contribution < 1.29 is 9.84 Å². The predicted molar refractivity (Wildman–Crippen MR) is 59.4 cm³/mol. The van der Waals surface area contributed by atoms with Crippen molar-refractivity contribution in [3.05, 3.63) is 0 Å². The van der Waals surface area contributed by atoms with Gasteiger partial charge < -0.3 is 15.2 Å². The van der Waals surface area contributed by atoms with Gasteiger partial charge in [-0.25, -0.2) is 0 Å². The van der Waals surface area contributed by atoms with Crippen LogP contribution in [0.4, 0.5) is 0 Å². The summed E-state index contributed by atoms with van der Waals surface area (Å²) in [6.07, 6.45) is 1.98. The van der Waals surface area contributed by atoms with E-state index in [1.54, 1.807) is 0 Å². The molecule has 0 radical (unpaired) electrons. The number of unbranched alkanes of at least 4 members (excludes halogenated alkanes) is 1. The molecule has 3 nitrogen and oxygen atoms in total. The van der Waals surface area contributed by atoms with Crippen LogP contribution < -0.4 is 5.32 Å². The van der Waals surface area contributed by atoms with Gasteiger partial charge in [0.25, 0.3) is 0 Å². The third kappa shape index (κ3) is 9.96. The number of ether oxygens (including phenoxy) is 1. The van der Waals surface area contributed by atoms with Gasteiger partial charge in [-0.2, -0.15) is 0 Å². The van der Waals surface area contributed by atoms with Gasteiger partial charge in [0.1, 0.15) is 0 Å². The fraction of sp³-hybridized carbons (Fsp3) is 1.00. The van der Waals surface area contributed by atoms with Gasteiger partial charge in [0.05, 0.1) is 12.7 Å². The average Bonchev–Trinajstić information content (AvgIpc) is 2.12. The molecule has 0 aromatic heterocycles. The minimum absolute atomic E-state index is 0.370. The van der Waals surface area contributed by atoms with Crippen LogP contribution in [0.15, 0.2) is 0 Å². The van der Waals surface area contributed by atoms with Gasteiger partial charge in [-0.3, -0.25) is 0 Å². The molecule has 0 spiro atoms. The third-order valence-corrected chi connectivity index (χ3v) is 1.85. The summed E-state index contributed by atoms with van der Waals surface area (Å²) >= 11 is 0. The van der Waals surface area contributed by atoms with Gasteiger partial charge in [0, 0.05) is 13.2 Å². The minimum Gasteiger partial charge on any atom is -0.389 e. The second kappa shape index (κ2) is 9.44. The van der Waals surface area contributed by atoms with E-state index in [9.17, 15) is 5.11 Å². The minimum atomic E-state index is -0.370. The summed E-state index contributed by atoms with van der Waals surface area (Å²) in [6.45, 7) is 9.15. The molecule has 0 bridgehead atoms. The summed E-state index contributed by atoms with van der Waals surface area (Å²) in [5, 5.41) is 12.7. The van der Waals surface area contributed by atoms with E-state index in [0.29, 0.717) is 19.1 Å². The van der Waals surface area contributed by atoms with Gasteiger partial charge in [-0.05, 0) is 18.9 Å². The molecule has 0 aliphatic carbocycles. The van der Waals surface area contributed by atoms with Crippen LogP contribution in [0, 0.1) is 5.92 Å². The molecule has 0 saturated heterocycles. The molecule has 0 aromatic rings. The Balaban J connectivity index is 3.15. The van der Waals surface area contributed by atoms with E-state index in [1.807, 2.05) is 0 Å². The Morgan fingerprint density at radius 1 is 1.29 bits per heavy atom. The lowest BCUT2D eigenvalue weighted by Gasteiger charge is -2.13. The molecule has 0 aromatic carbocycles. The summed E-state index contributed by atoms with van der Waals surface area (Å²) in [7, 11) is 0. The highest BCUT2D eigenvalue weighted by molar-refractivity contribution is 4.58. The second-order valence-corrected chi connectivity index (χ2v) is 4.14. The van der Waals surface area contributed by atoms with E-state index < -0.39 is 0 Å². The molecule has 0 aliphatic rings. The smallest absolute Gasteiger partial charge is 0.0897 e. The number of rotatable bonds is 9. The Labute approximate surface area is 87.8 Å². The number of hydrogen-bond donors (Lipinski definition) is 2. The van der Waals surface area contributed by atoms with E-state index in [-0.39, 0.29) is 6.10 Å². The molecule has 0 fully saturated rings. The first-order valence-electron chi connectivity index (χ1n) is 5.63. The summed E-state index contributed by atoms with van der Waals surface area (Å²) < 4.78 is 5.32. The van der Waals surface area contributed by atoms with Gasteiger partial charge >= 0.3 is 0 Å². The Morgan fingerprint density at radius 2 is 2.00 bits per heavy atom. The van der Waals surface area contributed by atoms with E-state index >= 15 is 0 Å². The zero-order valence-electron chi connectivity index (χ0n) is 9.75. The third-order valence-electron chi connectivity index (χ3n) is 1.85. The average molecular weight is 203 g/mol. The summed E-state index contributed by atoms with van der Waals surface area (Å²) in [5.74, 6) is 0.537. The fourth-order valence-electron chi connectivity index (χ4n) is 1.07. The topological polar surface area (TPSA) is 41.5 Å². The molecule has 3 heteroatoms. The van der Waals surface area contributed by atoms with Gasteiger partial charge in [-0.15, -0.1) is 0 Å². The lowest BCUT2D eigenvalue weighted by atomic mass is 10.2. The first-order valence-corrected chi connectivity index (χ1v) is 5.63. The molecule has 0 heterocycles. The molecule has 1 atom stereocenters. The van der Waals surface area contributed by atoms with Gasteiger partial charge in [-0.1, -0.05) is 27.2 Å². The molecular formula is C11H25NO2. The zero-order chi connectivity index (χ0) is 10.8. The maximum atomic E-state index is 9.47. The van der Waals surface area contributed by atoms with Crippen molar-refractivity contribution in [2.75, 3.05) is 26.3 Å². The number of hydrogen-bond acceptors (Lipinski definition) is 3. The van der Waals surface area contributed by atoms with Crippen LogP contribution in [0.25, 0.3) is 0 Å². The van der Waals surface area contributed by atoms with Crippen LogP contribution in [0.1, 0.15) is 33.6 Å². The highest BCUT2D eigenvalue weighted by Crippen LogP contribution is 1.93. The first-order chi connectivity index (χ1) is 6.66. The standard InChI is InChI=1S/C11H25NO2/c1-4-5-6-12-7-11(13)9-14-8-10(2)3/h10-13H,4-9H2,1-3H3/t11-/m0/s1. The van der Waals surface area contributed by atoms with Crippen molar-refractivity contribution in [2.24, 2.45) is 5.92 Å². The molecular weight excluding hydrogens is 178 g/mol. The van der Waals surface area contributed by atoms with Crippen molar-refractivity contribution >= 4 is 0 Å². The lowest BCUT2D eigenvalue weighted by Crippen LogP contribution is -2.31. The molecule has 0 rings (SSSR count). The van der Waals surface area contributed by atoms with Crippen molar-refractivity contribution in [2.45, 2.75) is 39.7 Å². The molecule has 14 heavy (non-hydrogen) atoms. The van der Waals surface area contributed by atoms with Crippen molar-refractivity contribution in [3.8, 4) is 0 Å². The Bertz CT molecular complexity index is 118. The van der Waals surface area contributed by atoms with E-state index in [2.05, 4.69) is 26.1 Å². The summed E-state index contributed by atoms with van der Waals surface area (Å²) in [5.41, 5.74) is 0. The Morgan fingerprint density at radius 3 is 2.57 bits per heavy atom. The molecule has 0 unspecified atom stereocenters. The monoisotopic (exact) mass is 203 g/mol. The zero-order valence-corrected chi connectivity index (χ0v) is 9.75. The maximum Gasteiger partial charge on any atom is 0.0897 e. The molecule has 86 valence electrons. The van der Waals surface area contributed by atoms with Gasteiger partial charge in [0.15, 0.2) is 0 Å². The summed E-state index contributed by atoms with van der Waals surface area (Å²) in [4.78, 5) is 0. The Hall–Kier alpha value is -0.120. The highest BCUT2D eigenvalue weighted by atomic mass is 16.5. The number of nitrogens with one attached hydrogen (secondary N) is 1. The van der Waals surface area contributed by atoms with Crippen LogP contribution in [-0.4, -0.2) is 37.5 Å². The first kappa shape index (κ1) is 13.9. The summed E-state index contributed by atoms with van der Waals surface area (Å²) in [6, 6.07) is 0. The quantitative estimate of drug-likeness (QED) is 0.557. The maximum absolute atomic E-state index is 9.47. The van der Waals surface area contributed by atoms with Crippen LogP contribution >= 0.6 is 0 Å². The van der Waals surface area contributed by atoms with Crippen LogP contribution in [0.5, 0.6) is 0 Å². The van der Waals surface area contributed by atoms with E-state index in [0.717, 1.165) is 13.2 Å². The highest BCUT2D eigenvalue weighted by Gasteiger charge is 2.03. The van der Waals surface area contributed by atoms with Gasteiger partial charge in [0.2, 0.25) is 0 Å². The van der Waals surface area contributed by atoms with Crippen LogP contribution in [0.3, 0.4) is 0 Å². The van der Waals surface area contributed by atoms with Crippen LogP contribution in [0.2, 0.25) is 0 Å². The van der Waals surface area contributed by atoms with Crippen molar-refractivity contribution in [3.63, 3.8) is 0 Å². The molecule has 0 amide bonds. The van der Waals surface area contributed by atoms with Crippen molar-refractivity contribution in [1.29, 1.82) is 0 Å². The van der Waals surface area contributed by atoms with Crippen LogP contribution in [-0.2, 0) is 4.74 Å². The number of aliphatic hydroxyl groups excluding tert-OH is 1. The predicted octanol–water partition coefficient (Wildman–Crippen LogP) is 1.41. The molecule has 2 N–H and O–H groups in total. The second-order valence-electron chi connectivity index (χ2n) is 4.14. The lowest BCUT2D eigenvalue weighted by molar-refractivity contribution is 0.0262. The fourth-order valence-corrected chi connectivity index (χ4v) is 1.07. The Kier molecular flexibility index (Phi) is 9.35. The largest absolute Gasteiger partial charge is 0.389 e. The number of aliphatic hydroxyl groups is 1. The SMILES string of the molecule is CCCCNC[C@H](O)COCC(C)C. The normalized spacial score (nSPS) is 13.5. The molecule has 0 aliphatic heterocycles. The van der Waals surface area contributed by atoms with E-state index in [1.165, 1.54) is 12.8 Å². The van der Waals surface area contributed by atoms with E-state index in [4.69, 9.17) is 4.74 Å². The molecule has 0 saturated carbocycles. The van der Waals surface area contributed by atoms with Crippen molar-refractivity contribution in [1.82, 2.24) is 5.32 Å².